The number of carbonyl (C=O) groups is 1. The van der Waals surface area contributed by atoms with E-state index >= 15 is 0 Å². The first-order valence-corrected chi connectivity index (χ1v) is 6.08. The molecule has 7 heteroatoms. The van der Waals surface area contributed by atoms with Crippen molar-refractivity contribution < 1.29 is 22.7 Å². The Bertz CT molecular complexity index is 449. The van der Waals surface area contributed by atoms with Crippen LogP contribution in [0, 0.1) is 0 Å². The molecule has 19 heavy (non-hydrogen) atoms. The molecule has 1 aromatic rings. The van der Waals surface area contributed by atoms with Crippen molar-refractivity contribution in [3.63, 3.8) is 0 Å². The number of rotatable bonds is 6. The maximum atomic E-state index is 12.4. The number of ether oxygens (including phenoxy) is 1. The van der Waals surface area contributed by atoms with Crippen molar-refractivity contribution in [2.45, 2.75) is 25.9 Å². The Morgan fingerprint density at radius 2 is 2.05 bits per heavy atom. The fourth-order valence-corrected chi connectivity index (χ4v) is 1.61. The molecule has 1 heterocycles. The summed E-state index contributed by atoms with van der Waals surface area (Å²) in [6, 6.07) is 1.78. The van der Waals surface area contributed by atoms with Crippen molar-refractivity contribution in [1.29, 1.82) is 0 Å². The zero-order chi connectivity index (χ0) is 14.5. The van der Waals surface area contributed by atoms with Gasteiger partial charge in [0, 0.05) is 13.0 Å². The number of halogens is 4. The predicted octanol–water partition coefficient (Wildman–Crippen LogP) is 3.75. The lowest BCUT2D eigenvalue weighted by molar-refractivity contribution is -0.141. The van der Waals surface area contributed by atoms with E-state index in [9.17, 15) is 18.0 Å². The average Bonchev–Trinajstić information content (AvgIpc) is 2.33. The minimum Gasteiger partial charge on any atom is -0.381 e. The topological polar surface area (TPSA) is 39.2 Å². The molecule has 0 saturated heterocycles. The first-order chi connectivity index (χ1) is 8.86. The van der Waals surface area contributed by atoms with E-state index in [1.54, 1.807) is 0 Å². The third-order valence-electron chi connectivity index (χ3n) is 2.26. The summed E-state index contributed by atoms with van der Waals surface area (Å²) in [6.07, 6.45) is -3.68. The zero-order valence-electron chi connectivity index (χ0n) is 10.3. The predicted molar refractivity (Wildman–Crippen MR) is 64.3 cm³/mol. The smallest absolute Gasteiger partial charge is 0.381 e. The Balaban J connectivity index is 2.71. The van der Waals surface area contributed by atoms with E-state index < -0.39 is 17.0 Å². The molecule has 0 aliphatic rings. The van der Waals surface area contributed by atoms with Crippen LogP contribution in [0.2, 0.25) is 5.15 Å². The molecule has 3 nitrogen and oxygen atoms in total. The molecule has 0 amide bonds. The van der Waals surface area contributed by atoms with Crippen molar-refractivity contribution in [1.82, 2.24) is 4.98 Å². The second-order valence-corrected chi connectivity index (χ2v) is 4.18. The molecular weight excluding hydrogens is 283 g/mol. The summed E-state index contributed by atoms with van der Waals surface area (Å²) in [4.78, 5) is 14.9. The molecule has 0 bridgehead atoms. The van der Waals surface area contributed by atoms with Gasteiger partial charge in [0.15, 0.2) is 5.78 Å². The zero-order valence-corrected chi connectivity index (χ0v) is 11.0. The van der Waals surface area contributed by atoms with Crippen LogP contribution in [0.25, 0.3) is 0 Å². The molecule has 0 atom stereocenters. The highest BCUT2D eigenvalue weighted by molar-refractivity contribution is 6.32. The van der Waals surface area contributed by atoms with Gasteiger partial charge in [-0.25, -0.2) is 4.98 Å². The first kappa shape index (κ1) is 15.9. The lowest BCUT2D eigenvalue weighted by Gasteiger charge is -2.08. The van der Waals surface area contributed by atoms with Crippen LogP contribution in [0.15, 0.2) is 12.1 Å². The van der Waals surface area contributed by atoms with Crippen LogP contribution in [0.5, 0.6) is 0 Å². The molecule has 0 saturated carbocycles. The van der Waals surface area contributed by atoms with Crippen molar-refractivity contribution in [2.75, 3.05) is 13.2 Å². The summed E-state index contributed by atoms with van der Waals surface area (Å²) in [6.45, 7) is 2.68. The number of alkyl halides is 3. The second-order valence-electron chi connectivity index (χ2n) is 3.82. The molecule has 106 valence electrons. The van der Waals surface area contributed by atoms with Crippen molar-refractivity contribution >= 4 is 17.4 Å². The quantitative estimate of drug-likeness (QED) is 0.456. The van der Waals surface area contributed by atoms with Gasteiger partial charge in [0.1, 0.15) is 10.8 Å². The molecule has 0 aliphatic heterocycles. The van der Waals surface area contributed by atoms with E-state index in [2.05, 4.69) is 4.98 Å². The van der Waals surface area contributed by atoms with Crippen LogP contribution in [0.3, 0.4) is 0 Å². The summed E-state index contributed by atoms with van der Waals surface area (Å²) < 4.78 is 42.2. The Labute approximate surface area is 113 Å². The van der Waals surface area contributed by atoms with Gasteiger partial charge in [-0.05, 0) is 18.6 Å². The Kier molecular flexibility index (Phi) is 5.75. The number of nitrogens with zero attached hydrogens (tertiary/aromatic N) is 1. The van der Waals surface area contributed by atoms with Crippen LogP contribution in [-0.4, -0.2) is 24.0 Å². The summed E-state index contributed by atoms with van der Waals surface area (Å²) in [5, 5.41) is -0.435. The molecule has 0 unspecified atom stereocenters. The second kappa shape index (κ2) is 6.86. The van der Waals surface area contributed by atoms with Gasteiger partial charge in [0.25, 0.3) is 0 Å². The number of hydrogen-bond donors (Lipinski definition) is 0. The van der Waals surface area contributed by atoms with Gasteiger partial charge >= 0.3 is 6.18 Å². The van der Waals surface area contributed by atoms with E-state index in [0.717, 1.165) is 18.6 Å². The molecular formula is C12H13ClF3NO2. The summed E-state index contributed by atoms with van der Waals surface area (Å²) in [7, 11) is 0. The van der Waals surface area contributed by atoms with Crippen LogP contribution < -0.4 is 0 Å². The van der Waals surface area contributed by atoms with Crippen molar-refractivity contribution in [3.8, 4) is 0 Å². The van der Waals surface area contributed by atoms with E-state index in [1.807, 2.05) is 6.92 Å². The maximum absolute atomic E-state index is 12.4. The summed E-state index contributed by atoms with van der Waals surface area (Å²) in [5.74, 6) is -0.387. The monoisotopic (exact) mass is 295 g/mol. The molecule has 0 spiro atoms. The minimum absolute atomic E-state index is 0.0187. The van der Waals surface area contributed by atoms with E-state index in [1.165, 1.54) is 0 Å². The third kappa shape index (κ3) is 4.80. The Morgan fingerprint density at radius 1 is 1.37 bits per heavy atom. The largest absolute Gasteiger partial charge is 0.433 e. The van der Waals surface area contributed by atoms with E-state index in [0.29, 0.717) is 6.61 Å². The van der Waals surface area contributed by atoms with Gasteiger partial charge in [-0.15, -0.1) is 0 Å². The normalized spacial score (nSPS) is 11.6. The van der Waals surface area contributed by atoms with Crippen LogP contribution in [-0.2, 0) is 10.9 Å². The fourth-order valence-electron chi connectivity index (χ4n) is 1.35. The molecule has 0 N–H and O–H groups in total. The van der Waals surface area contributed by atoms with Gasteiger partial charge in [0.2, 0.25) is 0 Å². The average molecular weight is 296 g/mol. The summed E-state index contributed by atoms with van der Waals surface area (Å²) in [5.41, 5.74) is -1.13. The number of Topliss-reactive ketones (excluding diaryl/α,β-unsaturated/α-hetero) is 1. The van der Waals surface area contributed by atoms with E-state index in [4.69, 9.17) is 16.3 Å². The van der Waals surface area contributed by atoms with Gasteiger partial charge in [0.05, 0.1) is 12.2 Å². The van der Waals surface area contributed by atoms with Crippen LogP contribution in [0.4, 0.5) is 13.2 Å². The van der Waals surface area contributed by atoms with Gasteiger partial charge in [-0.3, -0.25) is 4.79 Å². The molecule has 0 fully saturated rings. The first-order valence-electron chi connectivity index (χ1n) is 5.71. The maximum Gasteiger partial charge on any atom is 0.433 e. The molecule has 0 aliphatic carbocycles. The molecule has 1 rings (SSSR count). The molecule has 0 radical (unpaired) electrons. The fraction of sp³-hybridized carbons (Fsp3) is 0.500. The van der Waals surface area contributed by atoms with Crippen molar-refractivity contribution in [3.05, 3.63) is 28.5 Å². The number of carbonyl (C=O) groups excluding carboxylic acids is 1. The molecule has 1 aromatic heterocycles. The highest BCUT2D eigenvalue weighted by Crippen LogP contribution is 2.29. The highest BCUT2D eigenvalue weighted by atomic mass is 35.5. The summed E-state index contributed by atoms with van der Waals surface area (Å²) >= 11 is 5.60. The van der Waals surface area contributed by atoms with E-state index in [-0.39, 0.29) is 24.4 Å². The van der Waals surface area contributed by atoms with Gasteiger partial charge < -0.3 is 4.74 Å². The van der Waals surface area contributed by atoms with Crippen LogP contribution >= 0.6 is 11.6 Å². The lowest BCUT2D eigenvalue weighted by atomic mass is 10.1. The van der Waals surface area contributed by atoms with Crippen LogP contribution in [0.1, 0.15) is 35.8 Å². The SMILES string of the molecule is CCCOCCC(=O)c1ccc(C(F)(F)F)nc1Cl. The Hall–Kier alpha value is -1.14. The number of ketones is 1. The number of hydrogen-bond acceptors (Lipinski definition) is 3. The Morgan fingerprint density at radius 3 is 2.58 bits per heavy atom. The standard InChI is InChI=1S/C12H13ClF3NO2/c1-2-6-19-7-5-9(18)8-3-4-10(12(14,15)16)17-11(8)13/h3-4H,2,5-7H2,1H3. The van der Waals surface area contributed by atoms with Gasteiger partial charge in [-0.1, -0.05) is 18.5 Å². The number of pyridine rings is 1. The third-order valence-corrected chi connectivity index (χ3v) is 2.55. The lowest BCUT2D eigenvalue weighted by Crippen LogP contribution is -2.11. The molecule has 0 aromatic carbocycles. The van der Waals surface area contributed by atoms with Gasteiger partial charge in [-0.2, -0.15) is 13.2 Å². The number of aromatic nitrogens is 1. The minimum atomic E-state index is -4.57. The van der Waals surface area contributed by atoms with Crippen molar-refractivity contribution in [2.24, 2.45) is 0 Å². The highest BCUT2D eigenvalue weighted by Gasteiger charge is 2.33.